The highest BCUT2D eigenvalue weighted by Crippen LogP contribution is 2.39. The Labute approximate surface area is 222 Å². The molecule has 0 bridgehead atoms. The maximum absolute atomic E-state index is 13.7. The van der Waals surface area contributed by atoms with E-state index in [0.717, 1.165) is 43.4 Å². The lowest BCUT2D eigenvalue weighted by atomic mass is 9.82. The van der Waals surface area contributed by atoms with Gasteiger partial charge in [-0.3, -0.25) is 9.48 Å². The van der Waals surface area contributed by atoms with Gasteiger partial charge in [-0.05, 0) is 52.5 Å². The SMILES string of the molecule is Cc1nn(C)cc1S(=O)(=O)N1CC(=O)N(c2cc(C#CC(C)(C)C)sc2C(=O)O)[C@H](C2CCCCC2)C1. The van der Waals surface area contributed by atoms with E-state index in [1.165, 1.54) is 15.2 Å². The van der Waals surface area contributed by atoms with E-state index >= 15 is 0 Å². The molecule has 0 radical (unpaired) electrons. The first kappa shape index (κ1) is 27.4. The van der Waals surface area contributed by atoms with Crippen LogP contribution in [0.5, 0.6) is 0 Å². The first-order valence-corrected chi connectivity index (χ1v) is 14.8. The minimum absolute atomic E-state index is 0.0479. The Morgan fingerprint density at radius 3 is 2.46 bits per heavy atom. The molecule has 2 aliphatic rings. The van der Waals surface area contributed by atoms with Crippen LogP contribution in [0.25, 0.3) is 0 Å². The number of hydrogen-bond acceptors (Lipinski definition) is 6. The van der Waals surface area contributed by atoms with Crippen molar-refractivity contribution in [1.82, 2.24) is 14.1 Å². The molecule has 1 saturated carbocycles. The Hall–Kier alpha value is -2.68. The molecule has 0 aromatic carbocycles. The van der Waals surface area contributed by atoms with Gasteiger partial charge in [0.1, 0.15) is 9.77 Å². The van der Waals surface area contributed by atoms with Gasteiger partial charge in [-0.1, -0.05) is 31.1 Å². The van der Waals surface area contributed by atoms with E-state index in [1.54, 1.807) is 24.9 Å². The van der Waals surface area contributed by atoms with Crippen molar-refractivity contribution in [3.8, 4) is 11.8 Å². The van der Waals surface area contributed by atoms with Gasteiger partial charge in [0.05, 0.1) is 28.8 Å². The summed E-state index contributed by atoms with van der Waals surface area (Å²) in [5, 5.41) is 14.2. The van der Waals surface area contributed by atoms with Crippen molar-refractivity contribution in [2.24, 2.45) is 18.4 Å². The number of sulfonamides is 1. The number of carbonyl (C=O) groups is 2. The number of anilines is 1. The topological polar surface area (TPSA) is 113 Å². The molecule has 1 aliphatic heterocycles. The summed E-state index contributed by atoms with van der Waals surface area (Å²) in [7, 11) is -2.30. The lowest BCUT2D eigenvalue weighted by Crippen LogP contribution is -2.60. The number of carboxylic acids is 1. The van der Waals surface area contributed by atoms with Gasteiger partial charge >= 0.3 is 5.97 Å². The van der Waals surface area contributed by atoms with Crippen molar-refractivity contribution in [1.29, 1.82) is 0 Å². The second-order valence-electron chi connectivity index (χ2n) is 10.9. The number of aryl methyl sites for hydroxylation is 2. The first-order valence-electron chi connectivity index (χ1n) is 12.5. The quantitative estimate of drug-likeness (QED) is 0.570. The molecular weight excluding hydrogens is 512 g/mol. The van der Waals surface area contributed by atoms with E-state index < -0.39 is 27.9 Å². The zero-order valence-electron chi connectivity index (χ0n) is 21.9. The second kappa shape index (κ2) is 10.2. The number of nitrogens with zero attached hydrogens (tertiary/aromatic N) is 4. The number of carbonyl (C=O) groups excluding carboxylic acids is 1. The number of carboxylic acid groups (broad SMARTS) is 1. The van der Waals surface area contributed by atoms with Crippen LogP contribution in [0.3, 0.4) is 0 Å². The summed E-state index contributed by atoms with van der Waals surface area (Å²) in [6, 6.07) is 1.21. The Morgan fingerprint density at radius 2 is 1.89 bits per heavy atom. The zero-order chi connectivity index (χ0) is 27.1. The average Bonchev–Trinajstić information content (AvgIpc) is 3.40. The van der Waals surface area contributed by atoms with Crippen LogP contribution in [-0.4, -0.2) is 58.6 Å². The van der Waals surface area contributed by atoms with Crippen LogP contribution in [0.2, 0.25) is 0 Å². The molecule has 2 aromatic rings. The molecule has 37 heavy (non-hydrogen) atoms. The van der Waals surface area contributed by atoms with Crippen LogP contribution in [0, 0.1) is 30.1 Å². The fourth-order valence-corrected chi connectivity index (χ4v) is 7.59. The highest BCUT2D eigenvalue weighted by Gasteiger charge is 2.44. The minimum Gasteiger partial charge on any atom is -0.477 e. The van der Waals surface area contributed by atoms with Gasteiger partial charge in [0.15, 0.2) is 0 Å². The maximum atomic E-state index is 13.7. The third-order valence-corrected chi connectivity index (χ3v) is 9.75. The van der Waals surface area contributed by atoms with Crippen LogP contribution in [0.1, 0.15) is 73.1 Å². The van der Waals surface area contributed by atoms with Gasteiger partial charge in [-0.25, -0.2) is 13.2 Å². The van der Waals surface area contributed by atoms with Crippen molar-refractivity contribution < 1.29 is 23.1 Å². The standard InChI is InChI=1S/C26H34N4O5S2/c1-17-22(15-28(5)27-17)37(34,35)29-14-21(18-9-7-6-8-10-18)30(23(31)16-29)20-13-19(11-12-26(2,3)4)36-24(20)25(32)33/h13,15,18,21H,6-10,14,16H2,1-5H3,(H,32,33)/t21-/m0/s1. The van der Waals surface area contributed by atoms with Gasteiger partial charge < -0.3 is 10.0 Å². The van der Waals surface area contributed by atoms with Gasteiger partial charge in [0, 0.05) is 25.2 Å². The third-order valence-electron chi connectivity index (χ3n) is 6.81. The molecule has 200 valence electrons. The number of aromatic nitrogens is 2. The molecule has 0 spiro atoms. The number of amides is 1. The van der Waals surface area contributed by atoms with Crippen molar-refractivity contribution in [3.05, 3.63) is 27.7 Å². The average molecular weight is 547 g/mol. The summed E-state index contributed by atoms with van der Waals surface area (Å²) in [4.78, 5) is 28.2. The minimum atomic E-state index is -3.96. The number of thiophene rings is 1. The second-order valence-corrected chi connectivity index (χ2v) is 13.9. The lowest BCUT2D eigenvalue weighted by Gasteiger charge is -2.44. The van der Waals surface area contributed by atoms with Gasteiger partial charge in [0.2, 0.25) is 15.9 Å². The summed E-state index contributed by atoms with van der Waals surface area (Å²) in [5.41, 5.74) is 0.420. The summed E-state index contributed by atoms with van der Waals surface area (Å²) in [6.07, 6.45) is 6.26. The molecule has 9 nitrogen and oxygen atoms in total. The van der Waals surface area contributed by atoms with Gasteiger partial charge in [-0.2, -0.15) is 9.40 Å². The van der Waals surface area contributed by atoms with Crippen LogP contribution < -0.4 is 4.90 Å². The smallest absolute Gasteiger partial charge is 0.348 e. The predicted molar refractivity (Wildman–Crippen MR) is 142 cm³/mol. The van der Waals surface area contributed by atoms with Crippen LogP contribution in [0.4, 0.5) is 5.69 Å². The molecule has 1 N–H and O–H groups in total. The molecule has 1 aliphatic carbocycles. The Balaban J connectivity index is 1.77. The highest BCUT2D eigenvalue weighted by molar-refractivity contribution is 7.89. The maximum Gasteiger partial charge on any atom is 0.348 e. The summed E-state index contributed by atoms with van der Waals surface area (Å²) in [5.74, 6) is 4.70. The highest BCUT2D eigenvalue weighted by atomic mass is 32.2. The normalized spacial score (nSPS) is 20.1. The Bertz CT molecular complexity index is 1370. The third kappa shape index (κ3) is 5.76. The van der Waals surface area contributed by atoms with E-state index in [2.05, 4.69) is 16.9 Å². The molecule has 2 fully saturated rings. The van der Waals surface area contributed by atoms with E-state index in [0.29, 0.717) is 16.3 Å². The van der Waals surface area contributed by atoms with E-state index in [9.17, 15) is 23.1 Å². The Kier molecular flexibility index (Phi) is 7.57. The molecule has 0 unspecified atom stereocenters. The molecule has 4 rings (SSSR count). The van der Waals surface area contributed by atoms with Crippen LogP contribution >= 0.6 is 11.3 Å². The lowest BCUT2D eigenvalue weighted by molar-refractivity contribution is -0.121. The number of aromatic carboxylic acids is 1. The molecule has 1 saturated heterocycles. The van der Waals surface area contributed by atoms with Crippen molar-refractivity contribution >= 4 is 38.9 Å². The monoisotopic (exact) mass is 546 g/mol. The molecular formula is C26H34N4O5S2. The zero-order valence-corrected chi connectivity index (χ0v) is 23.6. The number of piperazine rings is 1. The first-order chi connectivity index (χ1) is 17.3. The molecule has 2 aromatic heterocycles. The molecule has 11 heteroatoms. The van der Waals surface area contributed by atoms with Crippen molar-refractivity contribution in [2.45, 2.75) is 70.7 Å². The van der Waals surface area contributed by atoms with E-state index in [-0.39, 0.29) is 34.2 Å². The summed E-state index contributed by atoms with van der Waals surface area (Å²) >= 11 is 1.05. The fraction of sp³-hybridized carbons (Fsp3) is 0.577. The van der Waals surface area contributed by atoms with E-state index in [1.807, 2.05) is 20.8 Å². The predicted octanol–water partition coefficient (Wildman–Crippen LogP) is 3.87. The van der Waals surface area contributed by atoms with Crippen molar-refractivity contribution in [3.63, 3.8) is 0 Å². The largest absolute Gasteiger partial charge is 0.477 e. The molecule has 1 amide bonds. The molecule has 3 heterocycles. The van der Waals surface area contributed by atoms with E-state index in [4.69, 9.17) is 0 Å². The summed E-state index contributed by atoms with van der Waals surface area (Å²) < 4.78 is 29.9. The van der Waals surface area contributed by atoms with Crippen LogP contribution in [0.15, 0.2) is 17.2 Å². The number of hydrogen-bond donors (Lipinski definition) is 1. The number of rotatable bonds is 5. The Morgan fingerprint density at radius 1 is 1.22 bits per heavy atom. The van der Waals surface area contributed by atoms with Crippen LogP contribution in [-0.2, 0) is 21.9 Å². The summed E-state index contributed by atoms with van der Waals surface area (Å²) in [6.45, 7) is 7.29. The fourth-order valence-electron chi connectivity index (χ4n) is 5.14. The van der Waals surface area contributed by atoms with Gasteiger partial charge in [-0.15, -0.1) is 11.3 Å². The van der Waals surface area contributed by atoms with Crippen molar-refractivity contribution in [2.75, 3.05) is 18.0 Å². The van der Waals surface area contributed by atoms with Gasteiger partial charge in [0.25, 0.3) is 0 Å². The molecule has 1 atom stereocenters.